The van der Waals surface area contributed by atoms with Gasteiger partial charge < -0.3 is 10.1 Å². The van der Waals surface area contributed by atoms with Crippen LogP contribution in [0.5, 0.6) is 5.75 Å². The number of piperidine rings is 1. The molecule has 1 aliphatic heterocycles. The van der Waals surface area contributed by atoms with Crippen molar-refractivity contribution in [3.05, 3.63) is 53.1 Å². The van der Waals surface area contributed by atoms with Gasteiger partial charge in [-0.3, -0.25) is 4.79 Å². The summed E-state index contributed by atoms with van der Waals surface area (Å²) in [7, 11) is -2.31. The maximum absolute atomic E-state index is 13.4. The Kier molecular flexibility index (Phi) is 7.06. The quantitative estimate of drug-likeness (QED) is 0.713. The van der Waals surface area contributed by atoms with Crippen LogP contribution in [0.1, 0.15) is 49.3 Å². The molecule has 1 fully saturated rings. The van der Waals surface area contributed by atoms with Crippen molar-refractivity contribution in [1.29, 1.82) is 0 Å². The van der Waals surface area contributed by atoms with Crippen LogP contribution < -0.4 is 10.1 Å². The van der Waals surface area contributed by atoms with Gasteiger partial charge in [0.2, 0.25) is 15.9 Å². The fraction of sp³-hybridized carbons (Fsp3) is 0.458. The molecule has 0 aliphatic carbocycles. The molecular formula is C24H32N2O4S. The van der Waals surface area contributed by atoms with Crippen molar-refractivity contribution in [2.45, 2.75) is 51.3 Å². The number of carbonyl (C=O) groups excluding carboxylic acids is 1. The van der Waals surface area contributed by atoms with Gasteiger partial charge in [-0.1, -0.05) is 38.1 Å². The third-order valence-corrected chi connectivity index (χ3v) is 7.75. The zero-order valence-electron chi connectivity index (χ0n) is 18.9. The number of hydrogen-bond acceptors (Lipinski definition) is 4. The smallest absolute Gasteiger partial charge is 0.246 e. The van der Waals surface area contributed by atoms with Crippen LogP contribution in [0.2, 0.25) is 0 Å². The summed E-state index contributed by atoms with van der Waals surface area (Å²) in [6, 6.07) is 11.1. The summed E-state index contributed by atoms with van der Waals surface area (Å²) in [5, 5.41) is 3.09. The van der Waals surface area contributed by atoms with E-state index >= 15 is 0 Å². The largest absolute Gasteiger partial charge is 0.495 e. The number of methoxy groups -OCH3 is 1. The molecule has 3 rings (SSSR count). The third-order valence-electron chi connectivity index (χ3n) is 5.87. The normalized spacial score (nSPS) is 17.5. The van der Waals surface area contributed by atoms with Crippen molar-refractivity contribution in [2.24, 2.45) is 5.92 Å². The summed E-state index contributed by atoms with van der Waals surface area (Å²) in [4.78, 5) is 13.3. The molecule has 1 N–H and O–H groups in total. The number of benzene rings is 2. The summed E-state index contributed by atoms with van der Waals surface area (Å²) in [5.41, 5.74) is 3.76. The van der Waals surface area contributed by atoms with E-state index in [1.165, 1.54) is 11.4 Å². The monoisotopic (exact) mass is 444 g/mol. The highest BCUT2D eigenvalue weighted by molar-refractivity contribution is 7.89. The predicted molar refractivity (Wildman–Crippen MR) is 123 cm³/mol. The van der Waals surface area contributed by atoms with E-state index in [-0.39, 0.29) is 23.3 Å². The predicted octanol–water partition coefficient (Wildman–Crippen LogP) is 4.47. The molecular weight excluding hydrogens is 412 g/mol. The molecule has 0 unspecified atom stereocenters. The number of amides is 1. The lowest BCUT2D eigenvalue weighted by Gasteiger charge is -2.32. The number of anilines is 1. The van der Waals surface area contributed by atoms with Gasteiger partial charge in [-0.2, -0.15) is 4.31 Å². The fourth-order valence-electron chi connectivity index (χ4n) is 4.07. The van der Waals surface area contributed by atoms with Crippen LogP contribution in [-0.4, -0.2) is 38.8 Å². The van der Waals surface area contributed by atoms with Crippen molar-refractivity contribution < 1.29 is 17.9 Å². The van der Waals surface area contributed by atoms with Gasteiger partial charge in [0.25, 0.3) is 0 Å². The zero-order valence-corrected chi connectivity index (χ0v) is 19.8. The topological polar surface area (TPSA) is 75.7 Å². The average Bonchev–Trinajstić information content (AvgIpc) is 2.75. The standard InChI is InChI=1S/C24H32N2O4S/c1-16(2)20-10-6-8-18(4)23(20)25-24(27)19-9-7-13-26(15-19)31(28,29)22-14-17(3)11-12-21(22)30-5/h6,8,10-12,14,16,19H,7,9,13,15H2,1-5H3,(H,25,27)/t19-/m0/s1. The first kappa shape index (κ1) is 23.3. The molecule has 1 saturated heterocycles. The summed E-state index contributed by atoms with van der Waals surface area (Å²) >= 11 is 0. The van der Waals surface area contributed by atoms with Crippen LogP contribution in [0.25, 0.3) is 0 Å². The number of sulfonamides is 1. The molecule has 2 aromatic carbocycles. The van der Waals surface area contributed by atoms with E-state index in [2.05, 4.69) is 19.2 Å². The van der Waals surface area contributed by atoms with Crippen molar-refractivity contribution in [3.8, 4) is 5.75 Å². The summed E-state index contributed by atoms with van der Waals surface area (Å²) in [6.45, 7) is 8.56. The van der Waals surface area contributed by atoms with Gasteiger partial charge in [0.1, 0.15) is 10.6 Å². The van der Waals surface area contributed by atoms with Crippen LogP contribution >= 0.6 is 0 Å². The Bertz CT molecular complexity index is 1060. The van der Waals surface area contributed by atoms with Crippen LogP contribution in [0, 0.1) is 19.8 Å². The van der Waals surface area contributed by atoms with Crippen molar-refractivity contribution >= 4 is 21.6 Å². The molecule has 0 aromatic heterocycles. The molecule has 168 valence electrons. The first-order valence-corrected chi connectivity index (χ1v) is 12.1. The Morgan fingerprint density at radius 1 is 1.19 bits per heavy atom. The highest BCUT2D eigenvalue weighted by Gasteiger charge is 2.35. The van der Waals surface area contributed by atoms with Gasteiger partial charge in [-0.05, 0) is 61.4 Å². The Morgan fingerprint density at radius 2 is 1.94 bits per heavy atom. The van der Waals surface area contributed by atoms with E-state index in [1.54, 1.807) is 12.1 Å². The van der Waals surface area contributed by atoms with E-state index in [0.29, 0.717) is 25.1 Å². The fourth-order valence-corrected chi connectivity index (χ4v) is 5.83. The van der Waals surface area contributed by atoms with Crippen molar-refractivity contribution in [1.82, 2.24) is 4.31 Å². The first-order valence-electron chi connectivity index (χ1n) is 10.7. The molecule has 0 radical (unpaired) electrons. The van der Waals surface area contributed by atoms with E-state index in [0.717, 1.165) is 22.4 Å². The second-order valence-electron chi connectivity index (χ2n) is 8.54. The second kappa shape index (κ2) is 9.40. The number of nitrogens with zero attached hydrogens (tertiary/aromatic N) is 1. The number of para-hydroxylation sites is 1. The molecule has 1 amide bonds. The molecule has 0 bridgehead atoms. The molecule has 6 nitrogen and oxygen atoms in total. The number of hydrogen-bond donors (Lipinski definition) is 1. The minimum absolute atomic E-state index is 0.132. The number of nitrogens with one attached hydrogen (secondary N) is 1. The van der Waals surface area contributed by atoms with Crippen LogP contribution in [0.15, 0.2) is 41.3 Å². The van der Waals surface area contributed by atoms with E-state index in [1.807, 2.05) is 38.1 Å². The maximum Gasteiger partial charge on any atom is 0.246 e. The van der Waals surface area contributed by atoms with Gasteiger partial charge in [-0.25, -0.2) is 8.42 Å². The second-order valence-corrected chi connectivity index (χ2v) is 10.4. The number of ether oxygens (including phenoxy) is 1. The first-order chi connectivity index (χ1) is 14.6. The van der Waals surface area contributed by atoms with Gasteiger partial charge in [0, 0.05) is 18.8 Å². The van der Waals surface area contributed by atoms with Crippen LogP contribution in [0.3, 0.4) is 0 Å². The minimum atomic E-state index is -3.77. The lowest BCUT2D eigenvalue weighted by atomic mass is 9.95. The Balaban J connectivity index is 1.83. The molecule has 31 heavy (non-hydrogen) atoms. The molecule has 0 saturated carbocycles. The molecule has 2 aromatic rings. The van der Waals surface area contributed by atoms with Crippen molar-refractivity contribution in [2.75, 3.05) is 25.5 Å². The number of rotatable bonds is 6. The zero-order chi connectivity index (χ0) is 22.8. The van der Waals surface area contributed by atoms with Crippen LogP contribution in [-0.2, 0) is 14.8 Å². The van der Waals surface area contributed by atoms with Gasteiger partial charge in [-0.15, -0.1) is 0 Å². The Morgan fingerprint density at radius 3 is 2.61 bits per heavy atom. The number of aryl methyl sites for hydroxylation is 2. The molecule has 1 aliphatic rings. The van der Waals surface area contributed by atoms with Crippen LogP contribution in [0.4, 0.5) is 5.69 Å². The highest BCUT2D eigenvalue weighted by atomic mass is 32.2. The van der Waals surface area contributed by atoms with Gasteiger partial charge in [0.05, 0.1) is 13.0 Å². The summed E-state index contributed by atoms with van der Waals surface area (Å²) in [5.74, 6) is 0.0529. The molecule has 1 heterocycles. The van der Waals surface area contributed by atoms with Gasteiger partial charge >= 0.3 is 0 Å². The lowest BCUT2D eigenvalue weighted by molar-refractivity contribution is -0.120. The van der Waals surface area contributed by atoms with Crippen molar-refractivity contribution in [3.63, 3.8) is 0 Å². The van der Waals surface area contributed by atoms with E-state index in [9.17, 15) is 13.2 Å². The Labute approximate surface area is 185 Å². The Hall–Kier alpha value is -2.38. The SMILES string of the molecule is COc1ccc(C)cc1S(=O)(=O)N1CCC[C@H](C(=O)Nc2c(C)cccc2C(C)C)C1. The summed E-state index contributed by atoms with van der Waals surface area (Å²) < 4.78 is 33.4. The van der Waals surface area contributed by atoms with E-state index < -0.39 is 15.9 Å². The minimum Gasteiger partial charge on any atom is -0.495 e. The number of carbonyl (C=O) groups is 1. The average molecular weight is 445 g/mol. The molecule has 7 heteroatoms. The maximum atomic E-state index is 13.4. The van der Waals surface area contributed by atoms with E-state index in [4.69, 9.17) is 4.74 Å². The lowest BCUT2D eigenvalue weighted by Crippen LogP contribution is -2.43. The third kappa shape index (κ3) is 4.93. The molecule has 0 spiro atoms. The highest BCUT2D eigenvalue weighted by Crippen LogP contribution is 2.32. The van der Waals surface area contributed by atoms with Gasteiger partial charge in [0.15, 0.2) is 0 Å². The summed E-state index contributed by atoms with van der Waals surface area (Å²) in [6.07, 6.45) is 1.29. The molecule has 1 atom stereocenters.